The summed E-state index contributed by atoms with van der Waals surface area (Å²) in [6.45, 7) is 17.5. The SMILES string of the molecule is CC(=O)O[Si]1(C)OC(C)(C)C[Si](C)(C)[Si]1(C)C. The van der Waals surface area contributed by atoms with Crippen LogP contribution in [0.3, 0.4) is 0 Å². The van der Waals surface area contributed by atoms with Crippen molar-refractivity contribution in [3.05, 3.63) is 0 Å². The molecule has 1 aliphatic heterocycles. The average Bonchev–Trinajstić information content (AvgIpc) is 1.95. The summed E-state index contributed by atoms with van der Waals surface area (Å²) in [6, 6.07) is 1.17. The Labute approximate surface area is 108 Å². The molecule has 0 bridgehead atoms. The number of carbonyl (C=O) groups is 1. The Hall–Kier alpha value is 0.0806. The van der Waals surface area contributed by atoms with Gasteiger partial charge >= 0.3 is 8.08 Å². The normalized spacial score (nSPS) is 34.1. The standard InChI is InChI=1S/C11H26O3Si3/c1-10(12)13-17(8)14-11(2,3)9-15(4,5)16(17,6)7/h9H2,1-8H3. The van der Waals surface area contributed by atoms with Gasteiger partial charge in [-0.25, -0.2) is 0 Å². The molecule has 1 rings (SSSR count). The van der Waals surface area contributed by atoms with E-state index in [0.29, 0.717) is 0 Å². The molecule has 0 aliphatic carbocycles. The minimum Gasteiger partial charge on any atom is -0.498 e. The van der Waals surface area contributed by atoms with E-state index < -0.39 is 22.8 Å². The van der Waals surface area contributed by atoms with Gasteiger partial charge in [0, 0.05) is 14.5 Å². The average molecular weight is 291 g/mol. The van der Waals surface area contributed by atoms with E-state index in [1.54, 1.807) is 0 Å². The zero-order chi connectivity index (χ0) is 13.7. The van der Waals surface area contributed by atoms with Crippen LogP contribution in [0, 0.1) is 0 Å². The summed E-state index contributed by atoms with van der Waals surface area (Å²) in [5.41, 5.74) is -0.130. The van der Waals surface area contributed by atoms with Crippen LogP contribution < -0.4 is 0 Å². The summed E-state index contributed by atoms with van der Waals surface area (Å²) in [5, 5.41) is 0. The molecule has 1 aliphatic rings. The zero-order valence-electron chi connectivity index (χ0n) is 12.4. The Bertz CT molecular complexity index is 339. The lowest BCUT2D eigenvalue weighted by molar-refractivity contribution is -0.134. The highest BCUT2D eigenvalue weighted by molar-refractivity contribution is 7.66. The van der Waals surface area contributed by atoms with Crippen LogP contribution in [0.2, 0.25) is 38.8 Å². The highest BCUT2D eigenvalue weighted by Gasteiger charge is 2.66. The van der Waals surface area contributed by atoms with E-state index in [1.807, 2.05) is 0 Å². The Morgan fingerprint density at radius 3 is 2.06 bits per heavy atom. The van der Waals surface area contributed by atoms with Crippen LogP contribution in [0.1, 0.15) is 20.8 Å². The van der Waals surface area contributed by atoms with E-state index >= 15 is 0 Å². The third-order valence-corrected chi connectivity index (χ3v) is 41.8. The van der Waals surface area contributed by atoms with Crippen molar-refractivity contribution in [2.45, 2.75) is 65.2 Å². The molecule has 1 unspecified atom stereocenters. The van der Waals surface area contributed by atoms with Gasteiger partial charge in [0.1, 0.15) is 7.11 Å². The largest absolute Gasteiger partial charge is 0.498 e. The first-order chi connectivity index (χ1) is 7.33. The van der Waals surface area contributed by atoms with Gasteiger partial charge in [0.2, 0.25) is 0 Å². The van der Waals surface area contributed by atoms with Crippen molar-refractivity contribution in [2.75, 3.05) is 0 Å². The van der Waals surface area contributed by atoms with Crippen molar-refractivity contribution in [3.63, 3.8) is 0 Å². The Morgan fingerprint density at radius 2 is 1.65 bits per heavy atom. The molecule has 0 radical (unpaired) electrons. The molecular formula is C11H26O3Si3. The smallest absolute Gasteiger partial charge is 0.371 e. The lowest BCUT2D eigenvalue weighted by Gasteiger charge is -2.56. The Balaban J connectivity index is 3.21. The summed E-state index contributed by atoms with van der Waals surface area (Å²) in [7, 11) is -5.32. The fraction of sp³-hybridized carbons (Fsp3) is 0.909. The van der Waals surface area contributed by atoms with Gasteiger partial charge in [-0.3, -0.25) is 4.79 Å². The molecule has 0 aromatic carbocycles. The lowest BCUT2D eigenvalue weighted by Crippen LogP contribution is -2.80. The van der Waals surface area contributed by atoms with Gasteiger partial charge in [0.15, 0.2) is 0 Å². The molecule has 6 heteroatoms. The van der Waals surface area contributed by atoms with E-state index in [1.165, 1.54) is 13.0 Å². The summed E-state index contributed by atoms with van der Waals surface area (Å²) in [4.78, 5) is 11.4. The fourth-order valence-corrected chi connectivity index (χ4v) is 31.1. The summed E-state index contributed by atoms with van der Waals surface area (Å²) >= 11 is 0. The van der Waals surface area contributed by atoms with Crippen molar-refractivity contribution in [3.8, 4) is 0 Å². The van der Waals surface area contributed by atoms with Crippen LogP contribution >= 0.6 is 0 Å². The van der Waals surface area contributed by atoms with Crippen molar-refractivity contribution >= 4 is 28.7 Å². The maximum Gasteiger partial charge on any atom is 0.371 e. The first-order valence-electron chi connectivity index (χ1n) is 6.23. The molecular weight excluding hydrogens is 264 g/mol. The van der Waals surface area contributed by atoms with Crippen LogP contribution in [0.25, 0.3) is 0 Å². The molecule has 17 heavy (non-hydrogen) atoms. The highest BCUT2D eigenvalue weighted by Crippen LogP contribution is 2.44. The molecule has 0 aromatic rings. The van der Waals surface area contributed by atoms with Crippen LogP contribution in [0.15, 0.2) is 0 Å². The van der Waals surface area contributed by atoms with Crippen molar-refractivity contribution in [2.24, 2.45) is 0 Å². The van der Waals surface area contributed by atoms with Gasteiger partial charge in [-0.2, -0.15) is 0 Å². The third kappa shape index (κ3) is 2.59. The predicted octanol–water partition coefficient (Wildman–Crippen LogP) is 3.00. The number of hydrogen-bond acceptors (Lipinski definition) is 3. The van der Waals surface area contributed by atoms with Gasteiger partial charge in [0.05, 0.1) is 5.60 Å². The molecule has 1 atom stereocenters. The quantitative estimate of drug-likeness (QED) is 0.696. The molecule has 100 valence electrons. The maximum atomic E-state index is 11.4. The fourth-order valence-electron chi connectivity index (χ4n) is 3.01. The molecule has 1 heterocycles. The van der Waals surface area contributed by atoms with Crippen molar-refractivity contribution < 1.29 is 13.6 Å². The van der Waals surface area contributed by atoms with E-state index in [2.05, 4.69) is 46.6 Å². The van der Waals surface area contributed by atoms with E-state index in [9.17, 15) is 4.79 Å². The van der Waals surface area contributed by atoms with E-state index in [-0.39, 0.29) is 11.6 Å². The second-order valence-corrected chi connectivity index (χ2v) is 32.5. The van der Waals surface area contributed by atoms with Gasteiger partial charge in [0.25, 0.3) is 5.97 Å². The molecule has 0 aromatic heterocycles. The molecule has 0 saturated carbocycles. The zero-order valence-corrected chi connectivity index (χ0v) is 15.4. The topological polar surface area (TPSA) is 35.5 Å². The number of rotatable bonds is 1. The third-order valence-electron chi connectivity index (χ3n) is 4.50. The van der Waals surface area contributed by atoms with Gasteiger partial charge in [-0.05, 0) is 26.4 Å². The summed E-state index contributed by atoms with van der Waals surface area (Å²) < 4.78 is 12.1. The highest BCUT2D eigenvalue weighted by atomic mass is 29.7. The molecule has 1 saturated heterocycles. The van der Waals surface area contributed by atoms with Crippen LogP contribution in [-0.4, -0.2) is 34.3 Å². The van der Waals surface area contributed by atoms with Crippen LogP contribution in [0.4, 0.5) is 0 Å². The molecule has 0 spiro atoms. The van der Waals surface area contributed by atoms with Gasteiger partial charge < -0.3 is 8.85 Å². The minimum absolute atomic E-state index is 0.130. The second kappa shape index (κ2) is 4.04. The maximum absolute atomic E-state index is 11.4. The Kier molecular flexibility index (Phi) is 3.60. The van der Waals surface area contributed by atoms with Gasteiger partial charge in [-0.15, -0.1) is 0 Å². The minimum atomic E-state index is -2.35. The second-order valence-electron chi connectivity index (χ2n) is 7.09. The van der Waals surface area contributed by atoms with Crippen LogP contribution in [0.5, 0.6) is 0 Å². The lowest BCUT2D eigenvalue weighted by atomic mass is 10.2. The number of carbonyl (C=O) groups excluding carboxylic acids is 1. The molecule has 1 fully saturated rings. The molecule has 0 amide bonds. The summed E-state index contributed by atoms with van der Waals surface area (Å²) in [5.74, 6) is -0.178. The first kappa shape index (κ1) is 15.1. The molecule has 0 N–H and O–H groups in total. The molecule has 3 nitrogen and oxygen atoms in total. The van der Waals surface area contributed by atoms with E-state index in [4.69, 9.17) is 8.85 Å². The van der Waals surface area contributed by atoms with Gasteiger partial charge in [-0.1, -0.05) is 26.2 Å². The van der Waals surface area contributed by atoms with Crippen molar-refractivity contribution in [1.29, 1.82) is 0 Å². The predicted molar refractivity (Wildman–Crippen MR) is 78.3 cm³/mol. The van der Waals surface area contributed by atoms with Crippen LogP contribution in [-0.2, 0) is 13.6 Å². The van der Waals surface area contributed by atoms with E-state index in [0.717, 1.165) is 0 Å². The monoisotopic (exact) mass is 290 g/mol. The Morgan fingerprint density at radius 1 is 1.18 bits per heavy atom. The summed E-state index contributed by atoms with van der Waals surface area (Å²) in [6.07, 6.45) is 0. The first-order valence-corrected chi connectivity index (χ1v) is 16.8. The number of hydrogen-bond donors (Lipinski definition) is 0. The van der Waals surface area contributed by atoms with Crippen molar-refractivity contribution in [1.82, 2.24) is 0 Å².